The summed E-state index contributed by atoms with van der Waals surface area (Å²) in [5.74, 6) is 1.02. The van der Waals surface area contributed by atoms with Gasteiger partial charge in [-0.25, -0.2) is 0 Å². The van der Waals surface area contributed by atoms with Crippen molar-refractivity contribution in [1.29, 1.82) is 0 Å². The third kappa shape index (κ3) is 4.21. The number of carbonyl (C=O) groups excluding carboxylic acids is 1. The second kappa shape index (κ2) is 7.46. The van der Waals surface area contributed by atoms with E-state index in [0.29, 0.717) is 11.7 Å². The minimum Gasteiger partial charge on any atom is -0.508 e. The van der Waals surface area contributed by atoms with Crippen LogP contribution in [0.1, 0.15) is 44.7 Å². The van der Waals surface area contributed by atoms with Crippen LogP contribution in [0.25, 0.3) is 0 Å². The summed E-state index contributed by atoms with van der Waals surface area (Å²) in [6.45, 7) is 6.58. The molecule has 0 aliphatic carbocycles. The molecule has 0 aromatic heterocycles. The summed E-state index contributed by atoms with van der Waals surface area (Å²) in [5.41, 5.74) is 1.03. The molecule has 21 heavy (non-hydrogen) atoms. The molecule has 4 heteroatoms. The molecule has 1 unspecified atom stereocenters. The summed E-state index contributed by atoms with van der Waals surface area (Å²) in [5, 5.41) is 13.0. The Morgan fingerprint density at radius 1 is 1.38 bits per heavy atom. The number of nitrogens with one attached hydrogen (secondary N) is 1. The van der Waals surface area contributed by atoms with Gasteiger partial charge < -0.3 is 10.4 Å². The number of para-hydroxylation sites is 1. The number of aromatic hydroxyl groups is 1. The number of likely N-dealkylation sites (tertiary alicyclic amines) is 1. The predicted molar refractivity (Wildman–Crippen MR) is 84.1 cm³/mol. The maximum Gasteiger partial charge on any atom is 0.216 e. The molecule has 2 rings (SSSR count). The van der Waals surface area contributed by atoms with Gasteiger partial charge in [-0.15, -0.1) is 0 Å². The van der Waals surface area contributed by atoms with Crippen LogP contribution in [0.2, 0.25) is 0 Å². The highest BCUT2D eigenvalue weighted by Crippen LogP contribution is 2.33. The Bertz CT molecular complexity index is 468. The summed E-state index contributed by atoms with van der Waals surface area (Å²) in [7, 11) is 0. The van der Waals surface area contributed by atoms with E-state index in [-0.39, 0.29) is 11.9 Å². The van der Waals surface area contributed by atoms with Crippen molar-refractivity contribution in [1.82, 2.24) is 10.2 Å². The van der Waals surface area contributed by atoms with E-state index in [4.69, 9.17) is 0 Å². The van der Waals surface area contributed by atoms with Gasteiger partial charge in [-0.1, -0.05) is 25.1 Å². The van der Waals surface area contributed by atoms with Gasteiger partial charge in [0.2, 0.25) is 5.91 Å². The van der Waals surface area contributed by atoms with Crippen molar-refractivity contribution in [2.24, 2.45) is 5.92 Å². The van der Waals surface area contributed by atoms with Crippen LogP contribution in [-0.4, -0.2) is 35.5 Å². The smallest absolute Gasteiger partial charge is 0.216 e. The van der Waals surface area contributed by atoms with Crippen LogP contribution in [0.4, 0.5) is 0 Å². The second-order valence-electron chi connectivity index (χ2n) is 5.90. The Balaban J connectivity index is 1.94. The van der Waals surface area contributed by atoms with Gasteiger partial charge in [0, 0.05) is 25.1 Å². The van der Waals surface area contributed by atoms with Crippen molar-refractivity contribution >= 4 is 5.91 Å². The molecule has 0 radical (unpaired) electrons. The van der Waals surface area contributed by atoms with Crippen LogP contribution in [0, 0.1) is 5.92 Å². The largest absolute Gasteiger partial charge is 0.508 e. The molecular weight excluding hydrogens is 264 g/mol. The fourth-order valence-corrected chi connectivity index (χ4v) is 3.20. The molecule has 2 N–H and O–H groups in total. The Labute approximate surface area is 127 Å². The summed E-state index contributed by atoms with van der Waals surface area (Å²) in [6, 6.07) is 7.92. The minimum absolute atomic E-state index is 0.0538. The van der Waals surface area contributed by atoms with Gasteiger partial charge in [0.25, 0.3) is 0 Å². The number of benzene rings is 1. The number of piperidine rings is 1. The number of phenols is 1. The monoisotopic (exact) mass is 290 g/mol. The standard InChI is InChI=1S/C17H26N2O2/c1-3-16(15-6-4-5-7-17(15)21)19-10-8-14(9-11-19)12-18-13(2)20/h4-7,14,16,21H,3,8-12H2,1-2H3,(H,18,20). The molecule has 1 heterocycles. The van der Waals surface area contributed by atoms with E-state index in [2.05, 4.69) is 17.1 Å². The number of nitrogens with zero attached hydrogens (tertiary/aromatic N) is 1. The number of amides is 1. The normalized spacial score (nSPS) is 18.4. The Morgan fingerprint density at radius 2 is 2.05 bits per heavy atom. The van der Waals surface area contributed by atoms with Crippen molar-refractivity contribution < 1.29 is 9.90 Å². The zero-order valence-corrected chi connectivity index (χ0v) is 13.0. The zero-order chi connectivity index (χ0) is 15.2. The molecule has 0 bridgehead atoms. The Kier molecular flexibility index (Phi) is 5.62. The van der Waals surface area contributed by atoms with Gasteiger partial charge in [0.1, 0.15) is 5.75 Å². The minimum atomic E-state index is 0.0538. The molecule has 1 aliphatic heterocycles. The summed E-state index contributed by atoms with van der Waals surface area (Å²) < 4.78 is 0. The van der Waals surface area contributed by atoms with Crippen molar-refractivity contribution in [3.05, 3.63) is 29.8 Å². The highest BCUT2D eigenvalue weighted by Gasteiger charge is 2.26. The van der Waals surface area contributed by atoms with Crippen LogP contribution < -0.4 is 5.32 Å². The van der Waals surface area contributed by atoms with Gasteiger partial charge in [-0.3, -0.25) is 9.69 Å². The first-order chi connectivity index (χ1) is 10.1. The van der Waals surface area contributed by atoms with Crippen molar-refractivity contribution in [2.75, 3.05) is 19.6 Å². The van der Waals surface area contributed by atoms with Crippen molar-refractivity contribution in [2.45, 2.75) is 39.2 Å². The van der Waals surface area contributed by atoms with Crippen LogP contribution >= 0.6 is 0 Å². The number of hydrogen-bond acceptors (Lipinski definition) is 3. The fourth-order valence-electron chi connectivity index (χ4n) is 3.20. The molecule has 4 nitrogen and oxygen atoms in total. The maximum absolute atomic E-state index is 11.0. The highest BCUT2D eigenvalue weighted by atomic mass is 16.3. The molecule has 0 spiro atoms. The molecular formula is C17H26N2O2. The Morgan fingerprint density at radius 3 is 2.62 bits per heavy atom. The van der Waals surface area contributed by atoms with Crippen molar-refractivity contribution in [3.63, 3.8) is 0 Å². The number of hydrogen-bond donors (Lipinski definition) is 2. The lowest BCUT2D eigenvalue weighted by atomic mass is 9.93. The molecule has 1 fully saturated rings. The summed E-state index contributed by atoms with van der Waals surface area (Å²) in [6.07, 6.45) is 3.20. The van der Waals surface area contributed by atoms with Gasteiger partial charge in [0.15, 0.2) is 0 Å². The third-order valence-electron chi connectivity index (χ3n) is 4.41. The first-order valence-corrected chi connectivity index (χ1v) is 7.88. The van der Waals surface area contributed by atoms with E-state index < -0.39 is 0 Å². The molecule has 116 valence electrons. The molecule has 0 saturated carbocycles. The molecule has 1 saturated heterocycles. The van der Waals surface area contributed by atoms with E-state index in [1.807, 2.05) is 18.2 Å². The maximum atomic E-state index is 11.0. The summed E-state index contributed by atoms with van der Waals surface area (Å²) >= 11 is 0. The number of phenolic OH excluding ortho intramolecular Hbond substituents is 1. The van der Waals surface area contributed by atoms with Gasteiger partial charge in [-0.05, 0) is 44.3 Å². The summed E-state index contributed by atoms with van der Waals surface area (Å²) in [4.78, 5) is 13.4. The van der Waals surface area contributed by atoms with Crippen molar-refractivity contribution in [3.8, 4) is 5.75 Å². The van der Waals surface area contributed by atoms with Gasteiger partial charge in [0.05, 0.1) is 0 Å². The molecule has 1 aromatic rings. The topological polar surface area (TPSA) is 52.6 Å². The Hall–Kier alpha value is -1.55. The number of carbonyl (C=O) groups is 1. The molecule has 1 aliphatic rings. The van der Waals surface area contributed by atoms with Crippen LogP contribution in [0.15, 0.2) is 24.3 Å². The predicted octanol–water partition coefficient (Wildman–Crippen LogP) is 2.69. The first kappa shape index (κ1) is 15.8. The molecule has 1 atom stereocenters. The SMILES string of the molecule is CCC(c1ccccc1O)N1CCC(CNC(C)=O)CC1. The average Bonchev–Trinajstić information content (AvgIpc) is 2.49. The zero-order valence-electron chi connectivity index (χ0n) is 13.0. The van der Waals surface area contributed by atoms with E-state index in [0.717, 1.165) is 44.5 Å². The molecule has 1 amide bonds. The van der Waals surface area contributed by atoms with Crippen LogP contribution in [-0.2, 0) is 4.79 Å². The number of rotatable bonds is 5. The highest BCUT2D eigenvalue weighted by molar-refractivity contribution is 5.72. The van der Waals surface area contributed by atoms with E-state index >= 15 is 0 Å². The van der Waals surface area contributed by atoms with E-state index in [9.17, 15) is 9.90 Å². The van der Waals surface area contributed by atoms with E-state index in [1.165, 1.54) is 0 Å². The second-order valence-corrected chi connectivity index (χ2v) is 5.90. The quantitative estimate of drug-likeness (QED) is 0.876. The third-order valence-corrected chi connectivity index (χ3v) is 4.41. The van der Waals surface area contributed by atoms with E-state index in [1.54, 1.807) is 13.0 Å². The fraction of sp³-hybridized carbons (Fsp3) is 0.588. The van der Waals surface area contributed by atoms with Gasteiger partial charge in [-0.2, -0.15) is 0 Å². The lowest BCUT2D eigenvalue weighted by Gasteiger charge is -2.37. The van der Waals surface area contributed by atoms with Crippen LogP contribution in [0.5, 0.6) is 5.75 Å². The first-order valence-electron chi connectivity index (χ1n) is 7.88. The molecule has 1 aromatic carbocycles. The van der Waals surface area contributed by atoms with Crippen LogP contribution in [0.3, 0.4) is 0 Å². The van der Waals surface area contributed by atoms with Gasteiger partial charge >= 0.3 is 0 Å². The lowest BCUT2D eigenvalue weighted by molar-refractivity contribution is -0.119. The lowest BCUT2D eigenvalue weighted by Crippen LogP contribution is -2.40. The average molecular weight is 290 g/mol.